The summed E-state index contributed by atoms with van der Waals surface area (Å²) in [6, 6.07) is 11.0. The summed E-state index contributed by atoms with van der Waals surface area (Å²) in [6.07, 6.45) is 3.49. The van der Waals surface area contributed by atoms with Gasteiger partial charge in [0.25, 0.3) is 0 Å². The van der Waals surface area contributed by atoms with Crippen molar-refractivity contribution in [1.29, 1.82) is 0 Å². The number of rotatable bonds is 4. The van der Waals surface area contributed by atoms with Gasteiger partial charge in [-0.25, -0.2) is 22.9 Å². The summed E-state index contributed by atoms with van der Waals surface area (Å²) >= 11 is 0. The second-order valence-electron chi connectivity index (χ2n) is 6.17. The van der Waals surface area contributed by atoms with Crippen LogP contribution in [0, 0.1) is 5.21 Å². The zero-order valence-corrected chi connectivity index (χ0v) is 15.9. The molecule has 0 amide bonds. The van der Waals surface area contributed by atoms with E-state index in [0.29, 0.717) is 4.73 Å². The third-order valence-corrected chi connectivity index (χ3v) is 6.02. The molecule has 0 aliphatic rings. The van der Waals surface area contributed by atoms with Crippen LogP contribution in [0.25, 0.3) is 16.7 Å². The first-order valence-electron chi connectivity index (χ1n) is 8.45. The lowest BCUT2D eigenvalue weighted by Crippen LogP contribution is -2.25. The van der Waals surface area contributed by atoms with Crippen molar-refractivity contribution < 1.29 is 23.0 Å². The summed E-state index contributed by atoms with van der Waals surface area (Å²) in [5.41, 5.74) is -1.28. The summed E-state index contributed by atoms with van der Waals surface area (Å²) in [5.74, 6) is -1.52. The number of hydrogen-bond donors (Lipinski definition) is 1. The maximum Gasteiger partial charge on any atom is 0.360 e. The van der Waals surface area contributed by atoms with Gasteiger partial charge in [0, 0.05) is 12.3 Å². The lowest BCUT2D eigenvalue weighted by molar-refractivity contribution is -0.607. The van der Waals surface area contributed by atoms with Crippen LogP contribution in [0.3, 0.4) is 0 Å². The Morgan fingerprint density at radius 1 is 1.10 bits per heavy atom. The van der Waals surface area contributed by atoms with E-state index in [1.54, 1.807) is 0 Å². The molecule has 11 heteroatoms. The van der Waals surface area contributed by atoms with Crippen LogP contribution in [0.4, 0.5) is 0 Å². The average Bonchev–Trinajstić information content (AvgIpc) is 2.74. The van der Waals surface area contributed by atoms with Crippen LogP contribution in [0.15, 0.2) is 81.7 Å². The molecule has 3 heterocycles. The van der Waals surface area contributed by atoms with Crippen LogP contribution in [0.5, 0.6) is 0 Å². The topological polar surface area (TPSA) is 146 Å². The Morgan fingerprint density at radius 3 is 2.60 bits per heavy atom. The predicted octanol–water partition coefficient (Wildman–Crippen LogP) is 0.945. The number of pyridine rings is 2. The molecule has 150 valence electrons. The van der Waals surface area contributed by atoms with E-state index in [2.05, 4.69) is 10.1 Å². The zero-order valence-electron chi connectivity index (χ0n) is 15.0. The molecular formula is C19H12N4O6S. The second kappa shape index (κ2) is 7.04. The van der Waals surface area contributed by atoms with Gasteiger partial charge >= 0.3 is 5.97 Å². The lowest BCUT2D eigenvalue weighted by atomic mass is 10.2. The van der Waals surface area contributed by atoms with Crippen LogP contribution in [-0.4, -0.2) is 34.3 Å². The van der Waals surface area contributed by atoms with Crippen molar-refractivity contribution in [2.75, 3.05) is 0 Å². The molecule has 3 aromatic heterocycles. The van der Waals surface area contributed by atoms with E-state index < -0.39 is 26.9 Å². The molecule has 0 saturated carbocycles. The normalized spacial score (nSPS) is 11.5. The molecule has 0 fully saturated rings. The monoisotopic (exact) mass is 424 g/mol. The van der Waals surface area contributed by atoms with Crippen molar-refractivity contribution in [3.8, 4) is 5.69 Å². The highest BCUT2D eigenvalue weighted by atomic mass is 32.2. The summed E-state index contributed by atoms with van der Waals surface area (Å²) in [7, 11) is -4.04. The van der Waals surface area contributed by atoms with Gasteiger partial charge in [-0.2, -0.15) is 9.83 Å². The van der Waals surface area contributed by atoms with Crippen molar-refractivity contribution in [2.24, 2.45) is 0 Å². The van der Waals surface area contributed by atoms with Crippen molar-refractivity contribution in [3.63, 3.8) is 0 Å². The van der Waals surface area contributed by atoms with Crippen molar-refractivity contribution in [2.45, 2.75) is 9.79 Å². The highest BCUT2D eigenvalue weighted by molar-refractivity contribution is 7.91. The molecular weight excluding hydrogens is 412 g/mol. The third-order valence-electron chi connectivity index (χ3n) is 4.28. The Labute approximate surface area is 168 Å². The SMILES string of the molecule is O=C(O)c1nn(-c2cccc(S(=O)(=O)c3ccc[n+]([O-])c3)c2)c2ncccc2c1=O. The number of aromatic nitrogens is 4. The largest absolute Gasteiger partial charge is 0.619 e. The van der Waals surface area contributed by atoms with E-state index in [1.165, 1.54) is 54.7 Å². The van der Waals surface area contributed by atoms with Gasteiger partial charge in [0.2, 0.25) is 21.0 Å². The number of carboxylic acids is 1. The highest BCUT2D eigenvalue weighted by Gasteiger charge is 2.22. The summed E-state index contributed by atoms with van der Waals surface area (Å²) in [4.78, 5) is 27.6. The molecule has 4 rings (SSSR count). The van der Waals surface area contributed by atoms with Gasteiger partial charge in [-0.15, -0.1) is 0 Å². The summed E-state index contributed by atoms with van der Waals surface area (Å²) in [5, 5.41) is 24.7. The molecule has 4 aromatic rings. The van der Waals surface area contributed by atoms with Crippen molar-refractivity contribution in [1.82, 2.24) is 14.8 Å². The van der Waals surface area contributed by atoms with Gasteiger partial charge in [-0.1, -0.05) is 6.07 Å². The minimum atomic E-state index is -4.04. The first kappa shape index (κ1) is 19.2. The van der Waals surface area contributed by atoms with Crippen LogP contribution < -0.4 is 10.2 Å². The standard InChI is InChI=1S/C19H12N4O6S/c24-17-15-7-2-8-20-18(15)23(21-16(17)19(25)26)12-4-1-5-13(10-12)30(28,29)14-6-3-9-22(27)11-14/h1-11H,(H,25,26). The Morgan fingerprint density at radius 2 is 1.87 bits per heavy atom. The molecule has 30 heavy (non-hydrogen) atoms. The third kappa shape index (κ3) is 3.16. The Hall–Kier alpha value is -4.12. The Bertz CT molecular complexity index is 1480. The minimum absolute atomic E-state index is 0.0219. The first-order valence-corrected chi connectivity index (χ1v) is 9.93. The van der Waals surface area contributed by atoms with E-state index in [-0.39, 0.29) is 26.5 Å². The summed E-state index contributed by atoms with van der Waals surface area (Å²) in [6.45, 7) is 0. The fraction of sp³-hybridized carbons (Fsp3) is 0. The van der Waals surface area contributed by atoms with E-state index in [1.807, 2.05) is 0 Å². The van der Waals surface area contributed by atoms with Crippen LogP contribution in [0.1, 0.15) is 10.5 Å². The second-order valence-corrected chi connectivity index (χ2v) is 8.12. The fourth-order valence-electron chi connectivity index (χ4n) is 2.89. The van der Waals surface area contributed by atoms with Gasteiger partial charge in [0.05, 0.1) is 16.0 Å². The van der Waals surface area contributed by atoms with Crippen molar-refractivity contribution in [3.05, 3.63) is 88.2 Å². The Kier molecular flexibility index (Phi) is 4.51. The zero-order chi connectivity index (χ0) is 21.5. The van der Waals surface area contributed by atoms with E-state index in [4.69, 9.17) is 0 Å². The fourth-order valence-corrected chi connectivity index (χ4v) is 4.20. The first-order chi connectivity index (χ1) is 14.3. The molecule has 0 aliphatic carbocycles. The molecule has 1 aromatic carbocycles. The highest BCUT2D eigenvalue weighted by Crippen LogP contribution is 2.23. The molecule has 0 atom stereocenters. The number of fused-ring (bicyclic) bond motifs is 1. The minimum Gasteiger partial charge on any atom is -0.619 e. The predicted molar refractivity (Wildman–Crippen MR) is 103 cm³/mol. The maximum atomic E-state index is 12.9. The van der Waals surface area contributed by atoms with Crippen LogP contribution in [0.2, 0.25) is 0 Å². The number of carbonyl (C=O) groups is 1. The van der Waals surface area contributed by atoms with E-state index in [0.717, 1.165) is 17.1 Å². The molecule has 10 nitrogen and oxygen atoms in total. The number of nitrogens with zero attached hydrogens (tertiary/aromatic N) is 4. The van der Waals surface area contributed by atoms with Crippen LogP contribution >= 0.6 is 0 Å². The number of sulfone groups is 1. The Balaban J connectivity index is 1.96. The van der Waals surface area contributed by atoms with Gasteiger partial charge in [0.1, 0.15) is 4.90 Å². The van der Waals surface area contributed by atoms with Gasteiger partial charge in [0.15, 0.2) is 18.0 Å². The number of benzene rings is 1. The van der Waals surface area contributed by atoms with E-state index in [9.17, 15) is 28.3 Å². The number of hydrogen-bond acceptors (Lipinski definition) is 7. The molecule has 0 spiro atoms. The lowest BCUT2D eigenvalue weighted by Gasteiger charge is -2.11. The molecule has 1 N–H and O–H groups in total. The average molecular weight is 424 g/mol. The molecule has 0 aliphatic heterocycles. The van der Waals surface area contributed by atoms with Gasteiger partial charge < -0.3 is 10.3 Å². The van der Waals surface area contributed by atoms with Crippen molar-refractivity contribution >= 4 is 26.8 Å². The maximum absolute atomic E-state index is 12.9. The smallest absolute Gasteiger partial charge is 0.360 e. The number of carboxylic acid groups (broad SMARTS) is 1. The molecule has 0 bridgehead atoms. The van der Waals surface area contributed by atoms with Gasteiger partial charge in [-0.3, -0.25) is 4.79 Å². The molecule has 0 radical (unpaired) electrons. The molecule has 0 saturated heterocycles. The van der Waals surface area contributed by atoms with Gasteiger partial charge in [-0.05, 0) is 36.4 Å². The summed E-state index contributed by atoms with van der Waals surface area (Å²) < 4.78 is 27.3. The quantitative estimate of drug-likeness (QED) is 0.376. The molecule has 0 unspecified atom stereocenters. The van der Waals surface area contributed by atoms with Crippen LogP contribution in [-0.2, 0) is 9.84 Å². The van der Waals surface area contributed by atoms with E-state index >= 15 is 0 Å². The number of aromatic carboxylic acids is 1.